The summed E-state index contributed by atoms with van der Waals surface area (Å²) < 4.78 is 11.1. The van der Waals surface area contributed by atoms with E-state index in [9.17, 15) is 19.2 Å². The topological polar surface area (TPSA) is 117 Å². The maximum Gasteiger partial charge on any atom is 0.410 e. The lowest BCUT2D eigenvalue weighted by Crippen LogP contribution is -2.34. The zero-order valence-corrected chi connectivity index (χ0v) is 41.0. The maximum absolute atomic E-state index is 13.7. The van der Waals surface area contributed by atoms with E-state index in [1.165, 1.54) is 0 Å². The molecule has 0 spiro atoms. The van der Waals surface area contributed by atoms with E-state index < -0.39 is 11.2 Å². The zero-order chi connectivity index (χ0) is 48.6. The van der Waals surface area contributed by atoms with Crippen molar-refractivity contribution in [1.82, 2.24) is 20.4 Å². The number of rotatable bonds is 18. The number of hydrogen-bond donors (Lipinski definition) is 2. The summed E-state index contributed by atoms with van der Waals surface area (Å²) in [6.07, 6.45) is 1.64. The first-order valence-corrected chi connectivity index (χ1v) is 23.7. The number of ketones is 1. The van der Waals surface area contributed by atoms with Crippen molar-refractivity contribution in [1.29, 1.82) is 0 Å². The molecule has 0 saturated heterocycles. The maximum atomic E-state index is 13.7. The third-order valence-corrected chi connectivity index (χ3v) is 12.1. The Morgan fingerprint density at radius 3 is 1.63 bits per heavy atom. The van der Waals surface area contributed by atoms with Crippen LogP contribution in [0.1, 0.15) is 87.8 Å². The normalized spacial score (nSPS) is 11.9. The third kappa shape index (κ3) is 12.7. The molecule has 7 aromatic carbocycles. The van der Waals surface area contributed by atoms with Crippen LogP contribution < -0.4 is 10.6 Å². The van der Waals surface area contributed by atoms with Crippen molar-refractivity contribution in [3.63, 3.8) is 0 Å². The van der Waals surface area contributed by atoms with Gasteiger partial charge in [-0.15, -0.1) is 0 Å². The number of esters is 1. The van der Waals surface area contributed by atoms with Gasteiger partial charge >= 0.3 is 12.1 Å². The lowest BCUT2D eigenvalue weighted by molar-refractivity contribution is -0.153. The summed E-state index contributed by atoms with van der Waals surface area (Å²) in [5, 5.41) is 15.4. The Morgan fingerprint density at radius 1 is 0.515 bits per heavy atom. The predicted octanol–water partition coefficient (Wildman–Crippen LogP) is 11.0. The third-order valence-electron chi connectivity index (χ3n) is 12.1. The number of carbonyl (C=O) groups is 4. The minimum atomic E-state index is -0.591. The van der Waals surface area contributed by atoms with E-state index in [2.05, 4.69) is 89.5 Å². The molecule has 10 heteroatoms. The molecule has 7 rings (SSSR count). The fourth-order valence-corrected chi connectivity index (χ4v) is 8.95. The van der Waals surface area contributed by atoms with Gasteiger partial charge < -0.3 is 29.9 Å². The molecular weight excluding hydrogens is 849 g/mol. The molecule has 0 fully saturated rings. The molecule has 0 unspecified atom stereocenters. The summed E-state index contributed by atoms with van der Waals surface area (Å²) in [6, 6.07) is 41.4. The Kier molecular flexibility index (Phi) is 15.6. The van der Waals surface area contributed by atoms with Gasteiger partial charge in [0.1, 0.15) is 17.0 Å². The van der Waals surface area contributed by atoms with Gasteiger partial charge in [0.05, 0.1) is 13.1 Å². The van der Waals surface area contributed by atoms with Crippen molar-refractivity contribution < 1.29 is 28.7 Å². The van der Waals surface area contributed by atoms with E-state index in [0.717, 1.165) is 76.5 Å². The highest BCUT2D eigenvalue weighted by atomic mass is 16.6. The van der Waals surface area contributed by atoms with Crippen molar-refractivity contribution >= 4 is 66.8 Å². The van der Waals surface area contributed by atoms with Crippen LogP contribution >= 0.6 is 0 Å². The second kappa shape index (κ2) is 21.6. The van der Waals surface area contributed by atoms with Crippen LogP contribution in [-0.4, -0.2) is 71.9 Å². The predicted molar refractivity (Wildman–Crippen MR) is 274 cm³/mol. The first kappa shape index (κ1) is 49.3. The van der Waals surface area contributed by atoms with Crippen LogP contribution in [0.15, 0.2) is 121 Å². The second-order valence-electron chi connectivity index (χ2n) is 19.9. The van der Waals surface area contributed by atoms with Crippen LogP contribution in [0.3, 0.4) is 0 Å². The van der Waals surface area contributed by atoms with E-state index >= 15 is 0 Å². The van der Waals surface area contributed by atoms with E-state index in [1.807, 2.05) is 96.0 Å². The first-order chi connectivity index (χ1) is 32.4. The van der Waals surface area contributed by atoms with Gasteiger partial charge in [0.2, 0.25) is 5.91 Å². The molecule has 7 aromatic rings. The molecule has 0 bridgehead atoms. The van der Waals surface area contributed by atoms with E-state index in [-0.39, 0.29) is 36.8 Å². The van der Waals surface area contributed by atoms with Crippen molar-refractivity contribution in [2.24, 2.45) is 0 Å². The highest BCUT2D eigenvalue weighted by Gasteiger charge is 2.23. The average Bonchev–Trinajstić information content (AvgIpc) is 3.29. The molecule has 68 heavy (non-hydrogen) atoms. The number of ether oxygens (including phenoxy) is 2. The van der Waals surface area contributed by atoms with Crippen molar-refractivity contribution in [3.8, 4) is 0 Å². The standard InChI is InChI=1S/C58H66N4O6/c1-57(2,3)67-54(65)36-59-33-43-18-15-17-42-32-41-16-9-10-19-45(41)52(55(42)43)38-61(7)53(64)31-29-40-26-24-39(25-27-40)28-30-44(63)34-60-35-50-46-20-11-13-22-48(46)51(49-23-14-12-21-47(49)50)37-62(8)56(66)68-58(4,5)6/h9-27,32,59-60H,28-31,33-38H2,1-8H3. The summed E-state index contributed by atoms with van der Waals surface area (Å²) in [7, 11) is 3.63. The van der Waals surface area contributed by atoms with E-state index in [0.29, 0.717) is 51.9 Å². The number of fused-ring (bicyclic) bond motifs is 4. The van der Waals surface area contributed by atoms with Crippen molar-refractivity contribution in [2.45, 2.75) is 105 Å². The molecule has 0 heterocycles. The summed E-state index contributed by atoms with van der Waals surface area (Å²) in [5.74, 6) is -0.114. The number of nitrogens with zero attached hydrogens (tertiary/aromatic N) is 2. The van der Waals surface area contributed by atoms with Crippen LogP contribution in [0.25, 0.3) is 43.1 Å². The fourth-order valence-electron chi connectivity index (χ4n) is 8.95. The minimum Gasteiger partial charge on any atom is -0.459 e. The van der Waals surface area contributed by atoms with Gasteiger partial charge in [0.25, 0.3) is 0 Å². The Labute approximate surface area is 401 Å². The van der Waals surface area contributed by atoms with Crippen molar-refractivity contribution in [2.75, 3.05) is 27.2 Å². The fraction of sp³-hybridized carbons (Fsp3) is 0.345. The lowest BCUT2D eigenvalue weighted by Gasteiger charge is -2.26. The smallest absolute Gasteiger partial charge is 0.410 e. The Bertz CT molecular complexity index is 2890. The number of benzene rings is 7. The number of aryl methyl sites for hydroxylation is 2. The molecular formula is C58H66N4O6. The summed E-state index contributed by atoms with van der Waals surface area (Å²) in [4.78, 5) is 55.7. The molecule has 354 valence electrons. The molecule has 0 aliphatic rings. The van der Waals surface area contributed by atoms with Crippen LogP contribution in [0, 0.1) is 0 Å². The molecule has 0 saturated carbocycles. The number of nitrogens with one attached hydrogen (secondary N) is 2. The molecule has 0 atom stereocenters. The largest absolute Gasteiger partial charge is 0.459 e. The summed E-state index contributed by atoms with van der Waals surface area (Å²) in [5.41, 5.74) is 5.31. The Hall–Kier alpha value is -6.62. The van der Waals surface area contributed by atoms with Crippen LogP contribution in [0.5, 0.6) is 0 Å². The van der Waals surface area contributed by atoms with Gasteiger partial charge in [0, 0.05) is 53.1 Å². The van der Waals surface area contributed by atoms with Crippen molar-refractivity contribution in [3.05, 3.63) is 155 Å². The highest BCUT2D eigenvalue weighted by Crippen LogP contribution is 2.35. The van der Waals surface area contributed by atoms with Crippen LogP contribution in [-0.2, 0) is 62.9 Å². The SMILES string of the molecule is CN(Cc1c2ccccc2cc2cccc(CNCC(=O)OC(C)(C)C)c12)C(=O)CCc1ccc(CCC(=O)CNCc2c3ccccc3c(CN(C)C(=O)OC(C)(C)C)c3ccccc23)cc1. The van der Waals surface area contributed by atoms with E-state index in [4.69, 9.17) is 9.47 Å². The minimum absolute atomic E-state index is 0.0523. The van der Waals surface area contributed by atoms with E-state index in [1.54, 1.807) is 11.9 Å². The second-order valence-corrected chi connectivity index (χ2v) is 19.9. The average molecular weight is 915 g/mol. The highest BCUT2D eigenvalue weighted by molar-refractivity contribution is 6.06. The number of amides is 2. The quantitative estimate of drug-likeness (QED) is 0.0646. The molecule has 0 aromatic heterocycles. The van der Waals surface area contributed by atoms with Gasteiger partial charge in [-0.1, -0.05) is 115 Å². The molecule has 0 aliphatic heterocycles. The molecule has 2 amide bonds. The molecule has 10 nitrogen and oxygen atoms in total. The lowest BCUT2D eigenvalue weighted by atomic mass is 9.91. The number of Topliss-reactive ketones (excluding diaryl/α,β-unsaturated/α-hetero) is 1. The summed E-state index contributed by atoms with van der Waals surface area (Å²) in [6.45, 7) is 13.4. The molecule has 0 radical (unpaired) electrons. The number of hydrogen-bond acceptors (Lipinski definition) is 8. The molecule has 2 N–H and O–H groups in total. The Balaban J connectivity index is 0.928. The zero-order valence-electron chi connectivity index (χ0n) is 41.0. The van der Waals surface area contributed by atoms with Gasteiger partial charge in [-0.3, -0.25) is 14.4 Å². The van der Waals surface area contributed by atoms with Gasteiger partial charge in [-0.05, 0) is 137 Å². The first-order valence-electron chi connectivity index (χ1n) is 23.7. The van der Waals surface area contributed by atoms with Crippen LogP contribution in [0.2, 0.25) is 0 Å². The van der Waals surface area contributed by atoms with Crippen LogP contribution in [0.4, 0.5) is 4.79 Å². The monoisotopic (exact) mass is 914 g/mol. The number of carbonyl (C=O) groups excluding carboxylic acids is 4. The van der Waals surface area contributed by atoms with Gasteiger partial charge in [-0.25, -0.2) is 4.79 Å². The van der Waals surface area contributed by atoms with Gasteiger partial charge in [0.15, 0.2) is 0 Å². The van der Waals surface area contributed by atoms with Gasteiger partial charge in [-0.2, -0.15) is 0 Å². The Morgan fingerprint density at radius 2 is 1.03 bits per heavy atom. The summed E-state index contributed by atoms with van der Waals surface area (Å²) >= 11 is 0. The molecule has 0 aliphatic carbocycles.